The number of hydrogen-bond acceptors (Lipinski definition) is 1. The number of carbonyl (C=O) groups is 1. The van der Waals surface area contributed by atoms with Crippen LogP contribution in [0.4, 0.5) is 0 Å². The minimum Gasteiger partial charge on any atom is -0.350 e. The van der Waals surface area contributed by atoms with Crippen molar-refractivity contribution in [2.45, 2.75) is 31.7 Å². The molecule has 1 N–H and O–H groups in total. The quantitative estimate of drug-likeness (QED) is 0.800. The number of allylic oxidation sites excluding steroid dienone is 1. The number of fused-ring (bicyclic) bond motifs is 1. The molecule has 0 bridgehead atoms. The molecule has 1 amide bonds. The van der Waals surface area contributed by atoms with Gasteiger partial charge in [-0.1, -0.05) is 17.7 Å². The molecule has 2 aliphatic rings. The molecule has 1 saturated carbocycles. The highest BCUT2D eigenvalue weighted by molar-refractivity contribution is 6.30. The van der Waals surface area contributed by atoms with Crippen LogP contribution in [0.3, 0.4) is 0 Å². The Morgan fingerprint density at radius 3 is 2.94 bits per heavy atom. The van der Waals surface area contributed by atoms with Crippen LogP contribution in [0.1, 0.15) is 30.4 Å². The Balaban J connectivity index is 1.83. The number of rotatable bonds is 2. The average Bonchev–Trinajstić information content (AvgIpc) is 3.01. The largest absolute Gasteiger partial charge is 0.350 e. The molecule has 88 valence electrons. The zero-order valence-electron chi connectivity index (χ0n) is 9.50. The molecule has 17 heavy (non-hydrogen) atoms. The van der Waals surface area contributed by atoms with Gasteiger partial charge in [-0.25, -0.2) is 0 Å². The van der Waals surface area contributed by atoms with E-state index in [0.29, 0.717) is 6.04 Å². The lowest BCUT2D eigenvalue weighted by molar-refractivity contribution is -0.116. The predicted octanol–water partition coefficient (Wildman–Crippen LogP) is 2.95. The van der Waals surface area contributed by atoms with Crippen LogP contribution in [-0.4, -0.2) is 11.9 Å². The topological polar surface area (TPSA) is 29.1 Å². The first-order chi connectivity index (χ1) is 8.22. The highest BCUT2D eigenvalue weighted by Gasteiger charge is 2.23. The maximum absolute atomic E-state index is 11.7. The summed E-state index contributed by atoms with van der Waals surface area (Å²) in [6, 6.07) is 6.34. The van der Waals surface area contributed by atoms with E-state index in [-0.39, 0.29) is 5.91 Å². The number of amides is 1. The fourth-order valence-corrected chi connectivity index (χ4v) is 2.42. The number of carbonyl (C=O) groups excluding carboxylic acids is 1. The second-order valence-corrected chi connectivity index (χ2v) is 5.19. The summed E-state index contributed by atoms with van der Waals surface area (Å²) >= 11 is 5.99. The van der Waals surface area contributed by atoms with E-state index < -0.39 is 0 Å². The zero-order valence-corrected chi connectivity index (χ0v) is 10.3. The smallest absolute Gasteiger partial charge is 0.244 e. The highest BCUT2D eigenvalue weighted by Crippen LogP contribution is 2.33. The molecule has 1 fully saturated rings. The molecule has 1 aromatic carbocycles. The van der Waals surface area contributed by atoms with Gasteiger partial charge in [0, 0.05) is 17.1 Å². The van der Waals surface area contributed by atoms with Crippen molar-refractivity contribution in [3.63, 3.8) is 0 Å². The van der Waals surface area contributed by atoms with Crippen molar-refractivity contribution >= 4 is 23.1 Å². The molecule has 2 aliphatic carbocycles. The van der Waals surface area contributed by atoms with Gasteiger partial charge < -0.3 is 5.32 Å². The van der Waals surface area contributed by atoms with E-state index in [4.69, 9.17) is 11.6 Å². The minimum absolute atomic E-state index is 0.0373. The van der Waals surface area contributed by atoms with Crippen LogP contribution < -0.4 is 5.32 Å². The summed E-state index contributed by atoms with van der Waals surface area (Å²) in [6.45, 7) is 0. The summed E-state index contributed by atoms with van der Waals surface area (Å²) in [5.41, 5.74) is 3.55. The first-order valence-electron chi connectivity index (χ1n) is 6.02. The lowest BCUT2D eigenvalue weighted by Crippen LogP contribution is -2.23. The van der Waals surface area contributed by atoms with E-state index in [1.54, 1.807) is 6.08 Å². The first-order valence-corrected chi connectivity index (χ1v) is 6.40. The molecule has 2 nitrogen and oxygen atoms in total. The van der Waals surface area contributed by atoms with Gasteiger partial charge in [0.05, 0.1) is 0 Å². The van der Waals surface area contributed by atoms with Gasteiger partial charge in [0.2, 0.25) is 5.91 Å². The lowest BCUT2D eigenvalue weighted by Gasteiger charge is -2.03. The van der Waals surface area contributed by atoms with Crippen LogP contribution in [0, 0.1) is 0 Å². The summed E-state index contributed by atoms with van der Waals surface area (Å²) < 4.78 is 0. The van der Waals surface area contributed by atoms with Crippen molar-refractivity contribution in [3.8, 4) is 0 Å². The van der Waals surface area contributed by atoms with Gasteiger partial charge in [-0.3, -0.25) is 4.79 Å². The monoisotopic (exact) mass is 247 g/mol. The highest BCUT2D eigenvalue weighted by atomic mass is 35.5. The molecule has 0 radical (unpaired) electrons. The van der Waals surface area contributed by atoms with E-state index in [9.17, 15) is 4.79 Å². The van der Waals surface area contributed by atoms with Crippen LogP contribution >= 0.6 is 11.6 Å². The molecule has 0 aromatic heterocycles. The summed E-state index contributed by atoms with van der Waals surface area (Å²) in [7, 11) is 0. The van der Waals surface area contributed by atoms with Crippen molar-refractivity contribution in [2.24, 2.45) is 0 Å². The normalized spacial score (nSPS) is 20.4. The number of halogens is 1. The molecule has 0 unspecified atom stereocenters. The van der Waals surface area contributed by atoms with Crippen molar-refractivity contribution in [1.82, 2.24) is 5.32 Å². The van der Waals surface area contributed by atoms with Crippen molar-refractivity contribution in [3.05, 3.63) is 40.4 Å². The maximum Gasteiger partial charge on any atom is 0.244 e. The predicted molar refractivity (Wildman–Crippen MR) is 68.9 cm³/mol. The third-order valence-electron chi connectivity index (χ3n) is 3.31. The van der Waals surface area contributed by atoms with Crippen LogP contribution in [0.2, 0.25) is 5.02 Å². The Kier molecular flexibility index (Phi) is 2.67. The Hall–Kier alpha value is -1.28. The fourth-order valence-electron chi connectivity index (χ4n) is 2.25. The van der Waals surface area contributed by atoms with Gasteiger partial charge in [-0.05, 0) is 54.5 Å². The van der Waals surface area contributed by atoms with E-state index >= 15 is 0 Å². The van der Waals surface area contributed by atoms with Crippen LogP contribution in [-0.2, 0) is 11.2 Å². The number of aryl methyl sites for hydroxylation is 1. The SMILES string of the molecule is O=C(/C=C1\CCc2ccc(Cl)cc21)NC1CC1. The average molecular weight is 248 g/mol. The standard InChI is InChI=1S/C14H14ClNO/c15-11-4-3-9-1-2-10(13(9)8-11)7-14(17)16-12-5-6-12/h3-4,7-8,12H,1-2,5-6H2,(H,16,17)/b10-7+. The van der Waals surface area contributed by atoms with E-state index in [0.717, 1.165) is 41.8 Å². The van der Waals surface area contributed by atoms with Gasteiger partial charge in [-0.15, -0.1) is 0 Å². The summed E-state index contributed by atoms with van der Waals surface area (Å²) in [5, 5.41) is 3.71. The number of benzene rings is 1. The van der Waals surface area contributed by atoms with E-state index in [1.807, 2.05) is 12.1 Å². The second-order valence-electron chi connectivity index (χ2n) is 4.75. The molecule has 3 rings (SSSR count). The fraction of sp³-hybridized carbons (Fsp3) is 0.357. The van der Waals surface area contributed by atoms with Crippen molar-refractivity contribution in [2.75, 3.05) is 0 Å². The molecule has 1 aromatic rings. The zero-order chi connectivity index (χ0) is 11.8. The van der Waals surface area contributed by atoms with Gasteiger partial charge in [0.25, 0.3) is 0 Å². The molecule has 0 spiro atoms. The van der Waals surface area contributed by atoms with Crippen LogP contribution in [0.15, 0.2) is 24.3 Å². The Bertz CT molecular complexity index is 503. The third kappa shape index (κ3) is 2.37. The molecular weight excluding hydrogens is 234 g/mol. The molecule has 0 aliphatic heterocycles. The number of hydrogen-bond donors (Lipinski definition) is 1. The molecule has 0 saturated heterocycles. The second kappa shape index (κ2) is 4.19. The van der Waals surface area contributed by atoms with Gasteiger partial charge in [0.1, 0.15) is 0 Å². The third-order valence-corrected chi connectivity index (χ3v) is 3.55. The maximum atomic E-state index is 11.7. The summed E-state index contributed by atoms with van der Waals surface area (Å²) in [4.78, 5) is 11.7. The lowest BCUT2D eigenvalue weighted by atomic mass is 10.1. The Labute approximate surface area is 106 Å². The van der Waals surface area contributed by atoms with Gasteiger partial charge in [0.15, 0.2) is 0 Å². The van der Waals surface area contributed by atoms with Crippen molar-refractivity contribution in [1.29, 1.82) is 0 Å². The number of nitrogens with one attached hydrogen (secondary N) is 1. The Morgan fingerprint density at radius 1 is 1.35 bits per heavy atom. The summed E-state index contributed by atoms with van der Waals surface area (Å²) in [5.74, 6) is 0.0373. The summed E-state index contributed by atoms with van der Waals surface area (Å²) in [6.07, 6.45) is 5.93. The van der Waals surface area contributed by atoms with E-state index in [2.05, 4.69) is 11.4 Å². The van der Waals surface area contributed by atoms with Gasteiger partial charge >= 0.3 is 0 Å². The molecule has 3 heteroatoms. The minimum atomic E-state index is 0.0373. The van der Waals surface area contributed by atoms with Gasteiger partial charge in [-0.2, -0.15) is 0 Å². The van der Waals surface area contributed by atoms with Crippen LogP contribution in [0.5, 0.6) is 0 Å². The molecular formula is C14H14ClNO. The van der Waals surface area contributed by atoms with E-state index in [1.165, 1.54) is 5.56 Å². The first kappa shape index (κ1) is 10.8. The van der Waals surface area contributed by atoms with Crippen molar-refractivity contribution < 1.29 is 4.79 Å². The molecule has 0 heterocycles. The Morgan fingerprint density at radius 2 is 2.18 bits per heavy atom. The molecule has 0 atom stereocenters. The van der Waals surface area contributed by atoms with Crippen LogP contribution in [0.25, 0.3) is 5.57 Å².